The van der Waals surface area contributed by atoms with E-state index >= 15 is 0 Å². The summed E-state index contributed by atoms with van der Waals surface area (Å²) in [5.74, 6) is -1.11. The van der Waals surface area contributed by atoms with E-state index in [2.05, 4.69) is 10.4 Å². The highest BCUT2D eigenvalue weighted by atomic mass is 16.5. The van der Waals surface area contributed by atoms with E-state index in [1.165, 1.54) is 0 Å². The number of ether oxygens (including phenoxy) is 1. The summed E-state index contributed by atoms with van der Waals surface area (Å²) >= 11 is 0. The maximum Gasteiger partial charge on any atom is 0.408 e. The maximum absolute atomic E-state index is 11.7. The second-order valence-corrected chi connectivity index (χ2v) is 5.17. The molecule has 23 heavy (non-hydrogen) atoms. The number of benzene rings is 1. The van der Waals surface area contributed by atoms with Gasteiger partial charge in [0.2, 0.25) is 0 Å². The van der Waals surface area contributed by atoms with Crippen molar-refractivity contribution < 1.29 is 19.4 Å². The molecule has 0 aliphatic carbocycles. The first-order valence-corrected chi connectivity index (χ1v) is 7.23. The van der Waals surface area contributed by atoms with Gasteiger partial charge in [-0.3, -0.25) is 4.68 Å². The van der Waals surface area contributed by atoms with E-state index in [-0.39, 0.29) is 13.0 Å². The lowest BCUT2D eigenvalue weighted by atomic mass is 10.2. The van der Waals surface area contributed by atoms with E-state index in [0.717, 1.165) is 11.1 Å². The van der Waals surface area contributed by atoms with Crippen molar-refractivity contribution in [3.05, 3.63) is 53.9 Å². The summed E-state index contributed by atoms with van der Waals surface area (Å²) in [6.07, 6.45) is 2.97. The van der Waals surface area contributed by atoms with Crippen LogP contribution in [0.2, 0.25) is 0 Å². The topological polar surface area (TPSA) is 93.5 Å². The zero-order chi connectivity index (χ0) is 16.7. The molecule has 7 heteroatoms. The number of nitrogens with one attached hydrogen (secondary N) is 1. The minimum absolute atomic E-state index is 0.0946. The molecule has 1 amide bonds. The molecule has 1 aromatic carbocycles. The lowest BCUT2D eigenvalue weighted by Crippen LogP contribution is -2.41. The normalized spacial score (nSPS) is 11.7. The summed E-state index contributed by atoms with van der Waals surface area (Å²) in [6.45, 7) is 2.39. The average Bonchev–Trinajstić information content (AvgIpc) is 2.95. The quantitative estimate of drug-likeness (QED) is 0.814. The largest absolute Gasteiger partial charge is 0.480 e. The molecule has 1 atom stereocenters. The van der Waals surface area contributed by atoms with Gasteiger partial charge in [-0.05, 0) is 24.5 Å². The standard InChI is InChI=1S/C16H19N3O4/c1-12-9-17-19(10-12)8-7-14(15(20)21)18-16(22)23-11-13-5-3-2-4-6-13/h2-6,9-10,14H,7-8,11H2,1H3,(H,18,22)(H,20,21). The molecular weight excluding hydrogens is 298 g/mol. The van der Waals surface area contributed by atoms with Crippen LogP contribution in [0.15, 0.2) is 42.7 Å². The van der Waals surface area contributed by atoms with Gasteiger partial charge >= 0.3 is 12.1 Å². The third kappa shape index (κ3) is 5.46. The highest BCUT2D eigenvalue weighted by Crippen LogP contribution is 2.03. The van der Waals surface area contributed by atoms with Gasteiger partial charge in [0.05, 0.1) is 6.20 Å². The van der Waals surface area contributed by atoms with Crippen molar-refractivity contribution in [2.75, 3.05) is 0 Å². The molecule has 0 saturated heterocycles. The first kappa shape index (κ1) is 16.5. The number of aliphatic carboxylic acids is 1. The van der Waals surface area contributed by atoms with Crippen molar-refractivity contribution in [3.63, 3.8) is 0 Å². The van der Waals surface area contributed by atoms with E-state index in [1.807, 2.05) is 43.5 Å². The molecule has 122 valence electrons. The van der Waals surface area contributed by atoms with Crippen LogP contribution in [-0.2, 0) is 22.7 Å². The monoisotopic (exact) mass is 317 g/mol. The number of aromatic nitrogens is 2. The van der Waals surface area contributed by atoms with Crippen molar-refractivity contribution in [1.82, 2.24) is 15.1 Å². The third-order valence-corrected chi connectivity index (χ3v) is 3.21. The van der Waals surface area contributed by atoms with Gasteiger partial charge in [-0.25, -0.2) is 9.59 Å². The predicted molar refractivity (Wildman–Crippen MR) is 82.8 cm³/mol. The number of rotatable bonds is 7. The van der Waals surface area contributed by atoms with Gasteiger partial charge in [-0.15, -0.1) is 0 Å². The number of carbonyl (C=O) groups excluding carboxylic acids is 1. The van der Waals surface area contributed by atoms with Crippen molar-refractivity contribution >= 4 is 12.1 Å². The fraction of sp³-hybridized carbons (Fsp3) is 0.312. The Balaban J connectivity index is 1.81. The molecule has 0 fully saturated rings. The van der Waals surface area contributed by atoms with Crippen LogP contribution < -0.4 is 5.32 Å². The third-order valence-electron chi connectivity index (χ3n) is 3.21. The Labute approximate surface area is 133 Å². The Hall–Kier alpha value is -2.83. The first-order chi connectivity index (χ1) is 11.0. The fourth-order valence-corrected chi connectivity index (χ4v) is 2.02. The maximum atomic E-state index is 11.7. The summed E-state index contributed by atoms with van der Waals surface area (Å²) in [5.41, 5.74) is 1.83. The molecule has 2 aromatic rings. The van der Waals surface area contributed by atoms with Crippen LogP contribution in [0.25, 0.3) is 0 Å². The van der Waals surface area contributed by atoms with Crippen molar-refractivity contribution in [2.24, 2.45) is 0 Å². The summed E-state index contributed by atoms with van der Waals surface area (Å²) in [5, 5.41) is 15.6. The number of hydrogen-bond donors (Lipinski definition) is 2. The van der Waals surface area contributed by atoms with Crippen LogP contribution in [0.5, 0.6) is 0 Å². The molecule has 7 nitrogen and oxygen atoms in total. The van der Waals surface area contributed by atoms with E-state index in [0.29, 0.717) is 6.54 Å². The van der Waals surface area contributed by atoms with E-state index in [9.17, 15) is 14.7 Å². The number of carboxylic acids is 1. The van der Waals surface area contributed by atoms with Crippen molar-refractivity contribution in [2.45, 2.75) is 32.5 Å². The van der Waals surface area contributed by atoms with Gasteiger partial charge in [-0.2, -0.15) is 5.10 Å². The molecule has 0 bridgehead atoms. The second kappa shape index (κ2) is 7.98. The Morgan fingerprint density at radius 1 is 1.35 bits per heavy atom. The molecule has 1 heterocycles. The van der Waals surface area contributed by atoms with Crippen molar-refractivity contribution in [3.8, 4) is 0 Å². The number of hydrogen-bond acceptors (Lipinski definition) is 4. The number of amides is 1. The fourth-order valence-electron chi connectivity index (χ4n) is 2.02. The highest BCUT2D eigenvalue weighted by Gasteiger charge is 2.20. The Morgan fingerprint density at radius 3 is 2.70 bits per heavy atom. The summed E-state index contributed by atoms with van der Waals surface area (Å²) < 4.78 is 6.67. The van der Waals surface area contributed by atoms with Gasteiger partial charge in [-0.1, -0.05) is 30.3 Å². The molecule has 1 aromatic heterocycles. The van der Waals surface area contributed by atoms with Gasteiger partial charge in [0.15, 0.2) is 0 Å². The number of nitrogens with zero attached hydrogens (tertiary/aromatic N) is 2. The Morgan fingerprint density at radius 2 is 2.09 bits per heavy atom. The molecule has 2 rings (SSSR count). The smallest absolute Gasteiger partial charge is 0.408 e. The lowest BCUT2D eigenvalue weighted by Gasteiger charge is -2.14. The molecule has 1 unspecified atom stereocenters. The summed E-state index contributed by atoms with van der Waals surface area (Å²) in [6, 6.07) is 8.15. The van der Waals surface area contributed by atoms with Gasteiger partial charge in [0.1, 0.15) is 12.6 Å². The molecular formula is C16H19N3O4. The van der Waals surface area contributed by atoms with E-state index in [1.54, 1.807) is 10.9 Å². The highest BCUT2D eigenvalue weighted by molar-refractivity contribution is 5.79. The van der Waals surface area contributed by atoms with Crippen LogP contribution in [0.1, 0.15) is 17.5 Å². The number of aryl methyl sites for hydroxylation is 2. The molecule has 0 aliphatic rings. The summed E-state index contributed by atoms with van der Waals surface area (Å²) in [7, 11) is 0. The summed E-state index contributed by atoms with van der Waals surface area (Å²) in [4.78, 5) is 23.0. The van der Waals surface area contributed by atoms with Gasteiger partial charge in [0.25, 0.3) is 0 Å². The number of carbonyl (C=O) groups is 2. The molecule has 2 N–H and O–H groups in total. The average molecular weight is 317 g/mol. The minimum atomic E-state index is -1.11. The van der Waals surface area contributed by atoms with E-state index < -0.39 is 18.1 Å². The molecule has 0 spiro atoms. The Kier molecular flexibility index (Phi) is 5.74. The van der Waals surface area contributed by atoms with Crippen LogP contribution in [-0.4, -0.2) is 33.0 Å². The minimum Gasteiger partial charge on any atom is -0.480 e. The van der Waals surface area contributed by atoms with Crippen LogP contribution in [0.3, 0.4) is 0 Å². The zero-order valence-electron chi connectivity index (χ0n) is 12.8. The number of alkyl carbamates (subject to hydrolysis) is 1. The van der Waals surface area contributed by atoms with Gasteiger partial charge < -0.3 is 15.2 Å². The SMILES string of the molecule is Cc1cnn(CCC(NC(=O)OCc2ccccc2)C(=O)O)c1. The van der Waals surface area contributed by atoms with Crippen LogP contribution >= 0.6 is 0 Å². The molecule has 0 aliphatic heterocycles. The van der Waals surface area contributed by atoms with E-state index in [4.69, 9.17) is 4.74 Å². The van der Waals surface area contributed by atoms with Crippen LogP contribution in [0.4, 0.5) is 4.79 Å². The Bertz CT molecular complexity index is 654. The first-order valence-electron chi connectivity index (χ1n) is 7.23. The molecule has 0 saturated carbocycles. The van der Waals surface area contributed by atoms with Crippen molar-refractivity contribution in [1.29, 1.82) is 0 Å². The second-order valence-electron chi connectivity index (χ2n) is 5.17. The number of carboxylic acid groups (broad SMARTS) is 1. The van der Waals surface area contributed by atoms with Gasteiger partial charge in [0, 0.05) is 12.7 Å². The molecule has 0 radical (unpaired) electrons. The predicted octanol–water partition coefficient (Wildman–Crippen LogP) is 1.96. The zero-order valence-corrected chi connectivity index (χ0v) is 12.8. The van der Waals surface area contributed by atoms with Crippen LogP contribution in [0, 0.1) is 6.92 Å². The lowest BCUT2D eigenvalue weighted by molar-refractivity contribution is -0.139.